The molecule has 1 aliphatic heterocycles. The molecule has 1 N–H and O–H groups in total. The maximum Gasteiger partial charge on any atom is 0.140 e. The number of benzene rings is 2. The van der Waals surface area contributed by atoms with Crippen LogP contribution in [-0.4, -0.2) is 6.61 Å². The molecule has 0 amide bonds. The lowest BCUT2D eigenvalue weighted by Crippen LogP contribution is -2.08. The molecule has 2 aromatic carbocycles. The highest BCUT2D eigenvalue weighted by atomic mass is 79.9. The van der Waals surface area contributed by atoms with Crippen molar-refractivity contribution in [3.8, 4) is 11.8 Å². The van der Waals surface area contributed by atoms with Gasteiger partial charge in [0.15, 0.2) is 0 Å². The van der Waals surface area contributed by atoms with E-state index in [1.165, 1.54) is 5.56 Å². The van der Waals surface area contributed by atoms with Gasteiger partial charge in [-0.15, -0.1) is 0 Å². The highest BCUT2D eigenvalue weighted by Gasteiger charge is 2.16. The summed E-state index contributed by atoms with van der Waals surface area (Å²) in [6.45, 7) is 0.732. The van der Waals surface area contributed by atoms with Gasteiger partial charge >= 0.3 is 0 Å². The number of hydrogen-bond acceptors (Lipinski definition) is 3. The molecule has 0 aromatic heterocycles. The van der Waals surface area contributed by atoms with Crippen molar-refractivity contribution >= 4 is 21.6 Å². The number of nitrogens with one attached hydrogen (secondary N) is 1. The summed E-state index contributed by atoms with van der Waals surface area (Å²) in [6, 6.07) is 15.7. The van der Waals surface area contributed by atoms with E-state index in [0.29, 0.717) is 0 Å². The molecule has 2 aromatic rings. The second-order valence-electron chi connectivity index (χ2n) is 4.68. The predicted molar refractivity (Wildman–Crippen MR) is 81.8 cm³/mol. The number of rotatable bonds is 3. The Hall–Kier alpha value is -1.99. The third kappa shape index (κ3) is 2.63. The van der Waals surface area contributed by atoms with Gasteiger partial charge in [-0.05, 0) is 47.5 Å². The summed E-state index contributed by atoms with van der Waals surface area (Å²) >= 11 is 3.40. The van der Waals surface area contributed by atoms with Gasteiger partial charge < -0.3 is 10.1 Å². The van der Waals surface area contributed by atoms with Crippen molar-refractivity contribution in [2.24, 2.45) is 0 Å². The lowest BCUT2D eigenvalue weighted by atomic mass is 10.0. The van der Waals surface area contributed by atoms with E-state index in [1.807, 2.05) is 36.4 Å². The van der Waals surface area contributed by atoms with Crippen LogP contribution in [0.15, 0.2) is 46.9 Å². The van der Waals surface area contributed by atoms with Crippen LogP contribution in [-0.2, 0) is 6.42 Å². The van der Waals surface area contributed by atoms with Crippen LogP contribution in [0.25, 0.3) is 0 Å². The quantitative estimate of drug-likeness (QED) is 0.924. The third-order valence-corrected chi connectivity index (χ3v) is 3.86. The first-order chi connectivity index (χ1) is 9.76. The van der Waals surface area contributed by atoms with Gasteiger partial charge in [0.2, 0.25) is 0 Å². The van der Waals surface area contributed by atoms with Crippen LogP contribution in [0.3, 0.4) is 0 Å². The van der Waals surface area contributed by atoms with Gasteiger partial charge in [-0.25, -0.2) is 0 Å². The Morgan fingerprint density at radius 3 is 2.75 bits per heavy atom. The summed E-state index contributed by atoms with van der Waals surface area (Å²) < 4.78 is 6.51. The number of ether oxygens (including phenoxy) is 1. The number of anilines is 1. The Balaban J connectivity index is 1.83. The van der Waals surface area contributed by atoms with E-state index in [-0.39, 0.29) is 6.04 Å². The summed E-state index contributed by atoms with van der Waals surface area (Å²) in [5.41, 5.74) is 3.08. The zero-order valence-corrected chi connectivity index (χ0v) is 12.4. The highest BCUT2D eigenvalue weighted by Crippen LogP contribution is 2.29. The zero-order chi connectivity index (χ0) is 13.9. The van der Waals surface area contributed by atoms with Crippen LogP contribution in [0, 0.1) is 11.3 Å². The van der Waals surface area contributed by atoms with Gasteiger partial charge in [0.25, 0.3) is 0 Å². The molecule has 1 heterocycles. The molecule has 3 nitrogen and oxygen atoms in total. The Bertz CT molecular complexity index is 661. The zero-order valence-electron chi connectivity index (χ0n) is 10.8. The molecule has 100 valence electrons. The van der Waals surface area contributed by atoms with Crippen molar-refractivity contribution < 1.29 is 4.74 Å². The molecule has 1 unspecified atom stereocenters. The topological polar surface area (TPSA) is 45.0 Å². The minimum atomic E-state index is -0.359. The molecular weight excluding hydrogens is 316 g/mol. The van der Waals surface area contributed by atoms with Crippen LogP contribution in [0.1, 0.15) is 17.2 Å². The number of nitrogens with zero attached hydrogens (tertiary/aromatic N) is 1. The Labute approximate surface area is 126 Å². The Kier molecular flexibility index (Phi) is 3.62. The van der Waals surface area contributed by atoms with Gasteiger partial charge in [0.05, 0.1) is 12.7 Å². The van der Waals surface area contributed by atoms with Crippen molar-refractivity contribution in [2.45, 2.75) is 12.5 Å². The van der Waals surface area contributed by atoms with Crippen molar-refractivity contribution in [3.05, 3.63) is 58.1 Å². The smallest absolute Gasteiger partial charge is 0.140 e. The molecule has 0 bridgehead atoms. The van der Waals surface area contributed by atoms with Crippen LogP contribution in [0.4, 0.5) is 5.69 Å². The molecule has 0 saturated carbocycles. The summed E-state index contributed by atoms with van der Waals surface area (Å²) in [4.78, 5) is 0. The van der Waals surface area contributed by atoms with Crippen molar-refractivity contribution in [3.63, 3.8) is 0 Å². The molecule has 0 spiro atoms. The van der Waals surface area contributed by atoms with E-state index in [0.717, 1.165) is 34.5 Å². The highest BCUT2D eigenvalue weighted by molar-refractivity contribution is 9.10. The maximum atomic E-state index is 9.39. The van der Waals surface area contributed by atoms with Gasteiger partial charge in [0.1, 0.15) is 11.8 Å². The van der Waals surface area contributed by atoms with Crippen molar-refractivity contribution in [1.82, 2.24) is 0 Å². The normalized spacial score (nSPS) is 14.0. The first kappa shape index (κ1) is 13.0. The van der Waals surface area contributed by atoms with Crippen LogP contribution in [0.5, 0.6) is 5.75 Å². The fraction of sp³-hybridized carbons (Fsp3) is 0.188. The first-order valence-electron chi connectivity index (χ1n) is 6.43. The molecule has 3 rings (SSSR count). The monoisotopic (exact) mass is 328 g/mol. The molecule has 0 aliphatic carbocycles. The first-order valence-corrected chi connectivity index (χ1v) is 7.23. The molecule has 4 heteroatoms. The molecular formula is C16H13BrN2O. The van der Waals surface area contributed by atoms with E-state index in [1.54, 1.807) is 0 Å². The third-order valence-electron chi connectivity index (χ3n) is 3.33. The standard InChI is InChI=1S/C16H13BrN2O/c17-13-2-4-14(5-3-13)19-15(10-18)11-1-6-16-12(9-11)7-8-20-16/h1-6,9,15,19H,7-8H2. The SMILES string of the molecule is N#CC(Nc1ccc(Br)cc1)c1ccc2c(c1)CCO2. The molecule has 0 saturated heterocycles. The van der Waals surface area contributed by atoms with Crippen LogP contribution < -0.4 is 10.1 Å². The average molecular weight is 329 g/mol. The minimum Gasteiger partial charge on any atom is -0.493 e. The summed E-state index contributed by atoms with van der Waals surface area (Å²) in [5.74, 6) is 0.939. The average Bonchev–Trinajstić information content (AvgIpc) is 2.94. The predicted octanol–water partition coefficient (Wildman–Crippen LogP) is 4.06. The van der Waals surface area contributed by atoms with Gasteiger partial charge in [-0.1, -0.05) is 22.0 Å². The molecule has 1 aliphatic rings. The van der Waals surface area contributed by atoms with Gasteiger partial charge in [0, 0.05) is 16.6 Å². The number of nitriles is 1. The molecule has 20 heavy (non-hydrogen) atoms. The summed E-state index contributed by atoms with van der Waals surface area (Å²) in [7, 11) is 0. The van der Waals surface area contributed by atoms with Crippen molar-refractivity contribution in [1.29, 1.82) is 5.26 Å². The lowest BCUT2D eigenvalue weighted by Gasteiger charge is -2.14. The molecule has 0 radical (unpaired) electrons. The van der Waals surface area contributed by atoms with Gasteiger partial charge in [-0.2, -0.15) is 5.26 Å². The van der Waals surface area contributed by atoms with E-state index in [4.69, 9.17) is 4.74 Å². The van der Waals surface area contributed by atoms with E-state index in [2.05, 4.69) is 33.4 Å². The van der Waals surface area contributed by atoms with E-state index < -0.39 is 0 Å². The number of fused-ring (bicyclic) bond motifs is 1. The second kappa shape index (κ2) is 5.56. The number of hydrogen-bond donors (Lipinski definition) is 1. The van der Waals surface area contributed by atoms with Crippen molar-refractivity contribution in [2.75, 3.05) is 11.9 Å². The fourth-order valence-electron chi connectivity index (χ4n) is 2.29. The van der Waals surface area contributed by atoms with Crippen LogP contribution >= 0.6 is 15.9 Å². The summed E-state index contributed by atoms with van der Waals surface area (Å²) in [6.07, 6.45) is 0.916. The minimum absolute atomic E-state index is 0.359. The Morgan fingerprint density at radius 1 is 1.20 bits per heavy atom. The Morgan fingerprint density at radius 2 is 2.00 bits per heavy atom. The number of halogens is 1. The van der Waals surface area contributed by atoms with Crippen LogP contribution in [0.2, 0.25) is 0 Å². The summed E-state index contributed by atoms with van der Waals surface area (Å²) in [5, 5.41) is 12.6. The largest absolute Gasteiger partial charge is 0.493 e. The maximum absolute atomic E-state index is 9.39. The molecule has 0 fully saturated rings. The second-order valence-corrected chi connectivity index (χ2v) is 5.59. The lowest BCUT2D eigenvalue weighted by molar-refractivity contribution is 0.357. The van der Waals surface area contributed by atoms with E-state index >= 15 is 0 Å². The fourth-order valence-corrected chi connectivity index (χ4v) is 2.55. The van der Waals surface area contributed by atoms with E-state index in [9.17, 15) is 5.26 Å². The molecule has 1 atom stereocenters. The van der Waals surface area contributed by atoms with Gasteiger partial charge in [-0.3, -0.25) is 0 Å².